The number of pyridine rings is 1. The van der Waals surface area contributed by atoms with Crippen LogP contribution in [0.25, 0.3) is 11.1 Å². The number of hydrogen-bond donors (Lipinski definition) is 0. The van der Waals surface area contributed by atoms with Crippen molar-refractivity contribution in [2.45, 2.75) is 0 Å². The van der Waals surface area contributed by atoms with Gasteiger partial charge in [-0.25, -0.2) is 4.98 Å². The lowest BCUT2D eigenvalue weighted by Crippen LogP contribution is -1.96. The topological polar surface area (TPSA) is 65.3 Å². The molecular formula is C12H8Cl2N2O3. The van der Waals surface area contributed by atoms with Crippen LogP contribution in [0, 0.1) is 10.1 Å². The van der Waals surface area contributed by atoms with Gasteiger partial charge in [-0.1, -0.05) is 35.3 Å². The predicted octanol–water partition coefficient (Wildman–Crippen LogP) is 3.97. The van der Waals surface area contributed by atoms with Gasteiger partial charge in [0.15, 0.2) is 0 Å². The van der Waals surface area contributed by atoms with Gasteiger partial charge in [0.2, 0.25) is 5.88 Å². The van der Waals surface area contributed by atoms with Crippen molar-refractivity contribution >= 4 is 28.9 Å². The van der Waals surface area contributed by atoms with Crippen LogP contribution in [0.2, 0.25) is 10.0 Å². The number of aromatic nitrogens is 1. The molecule has 0 unspecified atom stereocenters. The lowest BCUT2D eigenvalue weighted by Gasteiger charge is -2.09. The Kier molecular flexibility index (Phi) is 3.87. The van der Waals surface area contributed by atoms with Crippen LogP contribution >= 0.6 is 23.2 Å². The molecule has 7 heteroatoms. The summed E-state index contributed by atoms with van der Waals surface area (Å²) < 4.78 is 5.09. The number of hydrogen-bond acceptors (Lipinski definition) is 4. The third-order valence-corrected chi connectivity index (χ3v) is 3.30. The molecule has 0 aliphatic carbocycles. The van der Waals surface area contributed by atoms with E-state index in [1.165, 1.54) is 13.2 Å². The Bertz CT molecular complexity index is 647. The highest BCUT2D eigenvalue weighted by Gasteiger charge is 2.17. The molecule has 0 bridgehead atoms. The molecule has 2 rings (SSSR count). The zero-order valence-corrected chi connectivity index (χ0v) is 11.3. The first-order valence-electron chi connectivity index (χ1n) is 5.17. The molecule has 0 spiro atoms. The first-order chi connectivity index (χ1) is 9.04. The van der Waals surface area contributed by atoms with Crippen molar-refractivity contribution in [3.05, 3.63) is 50.6 Å². The number of halogens is 2. The van der Waals surface area contributed by atoms with Crippen molar-refractivity contribution < 1.29 is 9.66 Å². The second-order valence-electron chi connectivity index (χ2n) is 3.61. The standard InChI is InChI=1S/C12H8Cl2N2O3/c1-19-12-9(5-7(6-15-12)16(17)18)8-3-2-4-10(13)11(8)14/h2-6H,1H3. The SMILES string of the molecule is COc1ncc([N+](=O)[O-])cc1-c1cccc(Cl)c1Cl. The van der Waals surface area contributed by atoms with Crippen LogP contribution in [0.4, 0.5) is 5.69 Å². The van der Waals surface area contributed by atoms with Crippen LogP contribution in [-0.2, 0) is 0 Å². The van der Waals surface area contributed by atoms with E-state index in [0.717, 1.165) is 6.20 Å². The Morgan fingerprint density at radius 1 is 1.32 bits per heavy atom. The number of rotatable bonds is 3. The molecule has 1 aromatic heterocycles. The van der Waals surface area contributed by atoms with Crippen molar-refractivity contribution in [3.63, 3.8) is 0 Å². The highest BCUT2D eigenvalue weighted by atomic mass is 35.5. The van der Waals surface area contributed by atoms with Gasteiger partial charge in [-0.3, -0.25) is 10.1 Å². The van der Waals surface area contributed by atoms with Gasteiger partial charge in [0.05, 0.1) is 27.6 Å². The lowest BCUT2D eigenvalue weighted by molar-refractivity contribution is -0.385. The number of benzene rings is 1. The number of ether oxygens (including phenoxy) is 1. The molecule has 0 radical (unpaired) electrons. The van der Waals surface area contributed by atoms with Crippen molar-refractivity contribution in [1.29, 1.82) is 0 Å². The molecule has 0 N–H and O–H groups in total. The fourth-order valence-electron chi connectivity index (χ4n) is 1.61. The molecule has 19 heavy (non-hydrogen) atoms. The lowest BCUT2D eigenvalue weighted by atomic mass is 10.1. The third-order valence-electron chi connectivity index (χ3n) is 2.48. The first kappa shape index (κ1) is 13.6. The van der Waals surface area contributed by atoms with E-state index >= 15 is 0 Å². The van der Waals surface area contributed by atoms with E-state index in [0.29, 0.717) is 21.2 Å². The normalized spacial score (nSPS) is 10.3. The molecule has 0 saturated heterocycles. The Morgan fingerprint density at radius 3 is 2.68 bits per heavy atom. The largest absolute Gasteiger partial charge is 0.481 e. The van der Waals surface area contributed by atoms with Gasteiger partial charge in [-0.15, -0.1) is 0 Å². The van der Waals surface area contributed by atoms with E-state index in [2.05, 4.69) is 4.98 Å². The van der Waals surface area contributed by atoms with E-state index in [1.54, 1.807) is 18.2 Å². The van der Waals surface area contributed by atoms with Crippen molar-refractivity contribution in [2.24, 2.45) is 0 Å². The van der Waals surface area contributed by atoms with Crippen molar-refractivity contribution in [3.8, 4) is 17.0 Å². The third kappa shape index (κ3) is 2.62. The summed E-state index contributed by atoms with van der Waals surface area (Å²) in [5.41, 5.74) is 0.804. The Balaban J connectivity index is 2.68. The average Bonchev–Trinajstić information content (AvgIpc) is 2.41. The first-order valence-corrected chi connectivity index (χ1v) is 5.93. The summed E-state index contributed by atoms with van der Waals surface area (Å²) >= 11 is 12.0. The minimum absolute atomic E-state index is 0.146. The molecule has 1 heterocycles. The number of nitro groups is 1. The van der Waals surface area contributed by atoms with Crippen LogP contribution in [0.3, 0.4) is 0 Å². The van der Waals surface area contributed by atoms with E-state index in [4.69, 9.17) is 27.9 Å². The van der Waals surface area contributed by atoms with Crippen LogP contribution < -0.4 is 4.74 Å². The fourth-order valence-corrected chi connectivity index (χ4v) is 2.01. The smallest absolute Gasteiger partial charge is 0.288 e. The zero-order valence-electron chi connectivity index (χ0n) is 9.76. The summed E-state index contributed by atoms with van der Waals surface area (Å²) in [6.45, 7) is 0. The number of methoxy groups -OCH3 is 1. The second-order valence-corrected chi connectivity index (χ2v) is 4.39. The van der Waals surface area contributed by atoms with Gasteiger partial charge in [0.25, 0.3) is 5.69 Å². The molecule has 0 aliphatic rings. The van der Waals surface area contributed by atoms with Gasteiger partial charge < -0.3 is 4.74 Å². The second kappa shape index (κ2) is 5.42. The Morgan fingerprint density at radius 2 is 2.05 bits per heavy atom. The van der Waals surface area contributed by atoms with Crippen LogP contribution in [0.1, 0.15) is 0 Å². The number of nitrogens with zero attached hydrogens (tertiary/aromatic N) is 2. The van der Waals surface area contributed by atoms with E-state index in [1.807, 2.05) is 0 Å². The maximum Gasteiger partial charge on any atom is 0.288 e. The van der Waals surface area contributed by atoms with Crippen molar-refractivity contribution in [1.82, 2.24) is 4.98 Å². The minimum Gasteiger partial charge on any atom is -0.481 e. The van der Waals surface area contributed by atoms with Crippen LogP contribution in [0.5, 0.6) is 5.88 Å². The average molecular weight is 299 g/mol. The van der Waals surface area contributed by atoms with E-state index < -0.39 is 4.92 Å². The minimum atomic E-state index is -0.533. The highest BCUT2D eigenvalue weighted by molar-refractivity contribution is 6.43. The van der Waals surface area contributed by atoms with Gasteiger partial charge >= 0.3 is 0 Å². The quantitative estimate of drug-likeness (QED) is 0.635. The van der Waals surface area contributed by atoms with Crippen molar-refractivity contribution in [2.75, 3.05) is 7.11 Å². The molecule has 2 aromatic rings. The summed E-state index contributed by atoms with van der Waals surface area (Å²) in [5, 5.41) is 11.5. The Labute approximate surface area is 118 Å². The molecule has 0 atom stereocenters. The molecule has 0 fully saturated rings. The van der Waals surface area contributed by atoms with Crippen LogP contribution in [-0.4, -0.2) is 17.0 Å². The summed E-state index contributed by atoms with van der Waals surface area (Å²) in [4.78, 5) is 14.2. The van der Waals surface area contributed by atoms with Gasteiger partial charge in [-0.2, -0.15) is 0 Å². The fraction of sp³-hybridized carbons (Fsp3) is 0.0833. The van der Waals surface area contributed by atoms with E-state index in [-0.39, 0.29) is 11.6 Å². The van der Waals surface area contributed by atoms with Gasteiger partial charge in [-0.05, 0) is 6.07 Å². The summed E-state index contributed by atoms with van der Waals surface area (Å²) in [6.07, 6.45) is 1.13. The summed E-state index contributed by atoms with van der Waals surface area (Å²) in [5.74, 6) is 0.245. The van der Waals surface area contributed by atoms with Gasteiger partial charge in [0.1, 0.15) is 6.20 Å². The predicted molar refractivity (Wildman–Crippen MR) is 72.9 cm³/mol. The molecule has 1 aromatic carbocycles. The molecule has 0 amide bonds. The monoisotopic (exact) mass is 298 g/mol. The summed E-state index contributed by atoms with van der Waals surface area (Å²) in [6, 6.07) is 6.37. The maximum atomic E-state index is 10.8. The Hall–Kier alpha value is -1.85. The maximum absolute atomic E-state index is 10.8. The van der Waals surface area contributed by atoms with E-state index in [9.17, 15) is 10.1 Å². The molecule has 0 saturated carbocycles. The molecule has 98 valence electrons. The molecule has 0 aliphatic heterocycles. The molecule has 5 nitrogen and oxygen atoms in total. The van der Waals surface area contributed by atoms with Gasteiger partial charge in [0, 0.05) is 11.6 Å². The highest BCUT2D eigenvalue weighted by Crippen LogP contribution is 2.38. The molecular weight excluding hydrogens is 291 g/mol. The van der Waals surface area contributed by atoms with Crippen LogP contribution in [0.15, 0.2) is 30.5 Å². The summed E-state index contributed by atoms with van der Waals surface area (Å²) in [7, 11) is 1.43. The zero-order chi connectivity index (χ0) is 14.0.